The van der Waals surface area contributed by atoms with E-state index >= 15 is 0 Å². The standard InChI is InChI=1S/C24H24N4O2S/c1-18-8-5-11-20(16-18)28-23(21-12-6-14-30-21)26-27-24(28)31-15-7-13-22(29)25-17-19-9-3-2-4-10-19/h2-6,8-12,14,16H,7,13,15,17H2,1H3,(H,25,29). The Labute approximate surface area is 185 Å². The van der Waals surface area contributed by atoms with Crippen molar-refractivity contribution >= 4 is 17.7 Å². The molecule has 0 aliphatic rings. The molecular formula is C24H24N4O2S. The number of hydrogen-bond acceptors (Lipinski definition) is 5. The van der Waals surface area contributed by atoms with Crippen LogP contribution < -0.4 is 5.32 Å². The molecule has 0 fully saturated rings. The van der Waals surface area contributed by atoms with Crippen LogP contribution in [0.3, 0.4) is 0 Å². The van der Waals surface area contributed by atoms with Crippen LogP contribution in [0.1, 0.15) is 24.0 Å². The number of amides is 1. The highest BCUT2D eigenvalue weighted by Crippen LogP contribution is 2.29. The molecule has 0 bridgehead atoms. The quantitative estimate of drug-likeness (QED) is 0.297. The summed E-state index contributed by atoms with van der Waals surface area (Å²) in [6.45, 7) is 2.61. The van der Waals surface area contributed by atoms with Crippen molar-refractivity contribution in [1.82, 2.24) is 20.1 Å². The number of hydrogen-bond donors (Lipinski definition) is 1. The molecule has 2 aromatic carbocycles. The number of furan rings is 1. The molecule has 0 saturated carbocycles. The van der Waals surface area contributed by atoms with E-state index in [1.807, 2.05) is 59.2 Å². The van der Waals surface area contributed by atoms with Gasteiger partial charge in [0, 0.05) is 18.7 Å². The number of aryl methyl sites for hydroxylation is 1. The summed E-state index contributed by atoms with van der Waals surface area (Å²) >= 11 is 1.59. The summed E-state index contributed by atoms with van der Waals surface area (Å²) in [6.07, 6.45) is 2.86. The second-order valence-electron chi connectivity index (χ2n) is 7.17. The Hall–Kier alpha value is -3.32. The lowest BCUT2D eigenvalue weighted by molar-refractivity contribution is -0.121. The predicted octanol–water partition coefficient (Wildman–Crippen LogP) is 5.02. The number of aromatic nitrogens is 3. The number of rotatable bonds is 9. The zero-order valence-electron chi connectivity index (χ0n) is 17.3. The van der Waals surface area contributed by atoms with Crippen LogP contribution in [-0.2, 0) is 11.3 Å². The molecule has 2 heterocycles. The molecule has 2 aromatic heterocycles. The van der Waals surface area contributed by atoms with E-state index in [-0.39, 0.29) is 5.91 Å². The molecule has 158 valence electrons. The lowest BCUT2D eigenvalue weighted by Gasteiger charge is -2.10. The molecule has 4 aromatic rings. The van der Waals surface area contributed by atoms with Crippen molar-refractivity contribution in [1.29, 1.82) is 0 Å². The molecule has 7 heteroatoms. The zero-order valence-corrected chi connectivity index (χ0v) is 18.1. The van der Waals surface area contributed by atoms with Crippen LogP contribution in [0.2, 0.25) is 0 Å². The van der Waals surface area contributed by atoms with Crippen LogP contribution in [0.4, 0.5) is 0 Å². The second-order valence-corrected chi connectivity index (χ2v) is 8.23. The summed E-state index contributed by atoms with van der Waals surface area (Å²) in [5.74, 6) is 2.15. The normalized spacial score (nSPS) is 10.9. The highest BCUT2D eigenvalue weighted by molar-refractivity contribution is 7.99. The van der Waals surface area contributed by atoms with Crippen LogP contribution in [0, 0.1) is 6.92 Å². The number of nitrogens with zero attached hydrogens (tertiary/aromatic N) is 3. The van der Waals surface area contributed by atoms with E-state index < -0.39 is 0 Å². The van der Waals surface area contributed by atoms with Gasteiger partial charge in [-0.3, -0.25) is 9.36 Å². The third-order valence-corrected chi connectivity index (χ3v) is 5.76. The molecule has 6 nitrogen and oxygen atoms in total. The monoisotopic (exact) mass is 432 g/mol. The smallest absolute Gasteiger partial charge is 0.220 e. The fraction of sp³-hybridized carbons (Fsp3) is 0.208. The predicted molar refractivity (Wildman–Crippen MR) is 122 cm³/mol. The maximum atomic E-state index is 12.1. The van der Waals surface area contributed by atoms with E-state index in [0.29, 0.717) is 24.6 Å². The minimum Gasteiger partial charge on any atom is -0.461 e. The summed E-state index contributed by atoms with van der Waals surface area (Å²) in [6, 6.07) is 21.8. The van der Waals surface area contributed by atoms with Crippen LogP contribution >= 0.6 is 11.8 Å². The third kappa shape index (κ3) is 5.44. The summed E-state index contributed by atoms with van der Waals surface area (Å²) in [5, 5.41) is 12.5. The molecule has 1 N–H and O–H groups in total. The van der Waals surface area contributed by atoms with Gasteiger partial charge in [-0.1, -0.05) is 54.2 Å². The van der Waals surface area contributed by atoms with Gasteiger partial charge in [0.1, 0.15) is 0 Å². The molecule has 0 unspecified atom stereocenters. The fourth-order valence-corrected chi connectivity index (χ4v) is 4.10. The Kier molecular flexibility index (Phi) is 6.84. The summed E-state index contributed by atoms with van der Waals surface area (Å²) in [7, 11) is 0. The van der Waals surface area contributed by atoms with E-state index in [1.54, 1.807) is 18.0 Å². The number of thioether (sulfide) groups is 1. The number of nitrogens with one attached hydrogen (secondary N) is 1. The maximum absolute atomic E-state index is 12.1. The average Bonchev–Trinajstić information content (AvgIpc) is 3.46. The maximum Gasteiger partial charge on any atom is 0.220 e. The minimum absolute atomic E-state index is 0.0564. The largest absolute Gasteiger partial charge is 0.461 e. The second kappa shape index (κ2) is 10.1. The molecule has 0 spiro atoms. The lowest BCUT2D eigenvalue weighted by atomic mass is 10.2. The topological polar surface area (TPSA) is 73.0 Å². The van der Waals surface area contributed by atoms with Gasteiger partial charge in [0.2, 0.25) is 11.7 Å². The SMILES string of the molecule is Cc1cccc(-n2c(SCCCC(=O)NCc3ccccc3)nnc2-c2ccco2)c1. The van der Waals surface area contributed by atoms with Crippen LogP contribution in [-0.4, -0.2) is 26.4 Å². The number of carbonyl (C=O) groups excluding carboxylic acids is 1. The van der Waals surface area contributed by atoms with Crippen molar-refractivity contribution in [2.24, 2.45) is 0 Å². The molecule has 0 aliphatic heterocycles. The number of benzene rings is 2. The van der Waals surface area contributed by atoms with Gasteiger partial charge in [-0.15, -0.1) is 10.2 Å². The van der Waals surface area contributed by atoms with Gasteiger partial charge in [0.15, 0.2) is 10.9 Å². The van der Waals surface area contributed by atoms with Crippen molar-refractivity contribution in [3.8, 4) is 17.3 Å². The molecule has 0 radical (unpaired) electrons. The van der Waals surface area contributed by atoms with Gasteiger partial charge >= 0.3 is 0 Å². The molecule has 0 aliphatic carbocycles. The van der Waals surface area contributed by atoms with Crippen LogP contribution in [0.5, 0.6) is 0 Å². The number of carbonyl (C=O) groups is 1. The van der Waals surface area contributed by atoms with E-state index in [2.05, 4.69) is 34.6 Å². The van der Waals surface area contributed by atoms with Crippen LogP contribution in [0.25, 0.3) is 17.3 Å². The first-order valence-electron chi connectivity index (χ1n) is 10.2. The van der Waals surface area contributed by atoms with E-state index in [9.17, 15) is 4.79 Å². The Morgan fingerprint density at radius 1 is 1.06 bits per heavy atom. The van der Waals surface area contributed by atoms with E-state index in [4.69, 9.17) is 4.42 Å². The van der Waals surface area contributed by atoms with Crippen molar-refractivity contribution < 1.29 is 9.21 Å². The summed E-state index contributed by atoms with van der Waals surface area (Å²) in [5.41, 5.74) is 3.24. The first kappa shape index (κ1) is 20.9. The van der Waals surface area contributed by atoms with Crippen molar-refractivity contribution in [2.45, 2.75) is 31.5 Å². The molecule has 31 heavy (non-hydrogen) atoms. The van der Waals surface area contributed by atoms with Gasteiger partial charge in [-0.25, -0.2) is 0 Å². The van der Waals surface area contributed by atoms with Crippen molar-refractivity contribution in [3.05, 3.63) is 84.1 Å². The van der Waals surface area contributed by atoms with Gasteiger partial charge in [0.05, 0.1) is 12.0 Å². The Balaban J connectivity index is 1.38. The van der Waals surface area contributed by atoms with E-state index in [0.717, 1.165) is 34.1 Å². The molecule has 4 rings (SSSR count). The van der Waals surface area contributed by atoms with E-state index in [1.165, 1.54) is 0 Å². The molecule has 0 saturated heterocycles. The van der Waals surface area contributed by atoms with Crippen molar-refractivity contribution in [3.63, 3.8) is 0 Å². The first-order valence-corrected chi connectivity index (χ1v) is 11.2. The van der Waals surface area contributed by atoms with Gasteiger partial charge in [-0.05, 0) is 48.7 Å². The Bertz CT molecular complexity index is 1120. The van der Waals surface area contributed by atoms with Gasteiger partial charge < -0.3 is 9.73 Å². The van der Waals surface area contributed by atoms with Crippen molar-refractivity contribution in [2.75, 3.05) is 5.75 Å². The lowest BCUT2D eigenvalue weighted by Crippen LogP contribution is -2.22. The fourth-order valence-electron chi connectivity index (χ4n) is 3.21. The Morgan fingerprint density at radius 2 is 1.94 bits per heavy atom. The minimum atomic E-state index is 0.0564. The summed E-state index contributed by atoms with van der Waals surface area (Å²) in [4.78, 5) is 12.1. The Morgan fingerprint density at radius 3 is 2.71 bits per heavy atom. The highest BCUT2D eigenvalue weighted by Gasteiger charge is 2.18. The summed E-state index contributed by atoms with van der Waals surface area (Å²) < 4.78 is 7.57. The zero-order chi connectivity index (χ0) is 21.5. The first-order chi connectivity index (χ1) is 15.2. The van der Waals surface area contributed by atoms with Gasteiger partial charge in [0.25, 0.3) is 0 Å². The third-order valence-electron chi connectivity index (χ3n) is 4.75. The van der Waals surface area contributed by atoms with Crippen LogP contribution in [0.15, 0.2) is 82.6 Å². The molecular weight excluding hydrogens is 408 g/mol. The molecule has 0 atom stereocenters. The van der Waals surface area contributed by atoms with Gasteiger partial charge in [-0.2, -0.15) is 0 Å². The molecule has 1 amide bonds. The average molecular weight is 433 g/mol. The highest BCUT2D eigenvalue weighted by atomic mass is 32.2.